The molecule has 1 atom stereocenters. The van der Waals surface area contributed by atoms with E-state index in [1.54, 1.807) is 7.11 Å². The van der Waals surface area contributed by atoms with Gasteiger partial charge < -0.3 is 10.1 Å². The molecule has 1 unspecified atom stereocenters. The van der Waals surface area contributed by atoms with E-state index in [2.05, 4.69) is 30.6 Å². The van der Waals surface area contributed by atoms with Gasteiger partial charge >= 0.3 is 0 Å². The van der Waals surface area contributed by atoms with Crippen molar-refractivity contribution >= 4 is 11.8 Å². The van der Waals surface area contributed by atoms with Crippen LogP contribution in [-0.4, -0.2) is 25.7 Å². The second kappa shape index (κ2) is 6.75. The first-order chi connectivity index (χ1) is 7.31. The molecule has 0 bridgehead atoms. The van der Waals surface area contributed by atoms with E-state index in [0.717, 1.165) is 18.0 Å². The summed E-state index contributed by atoms with van der Waals surface area (Å²) in [7, 11) is 1.69. The quantitative estimate of drug-likeness (QED) is 0.804. The average Bonchev–Trinajstić information content (AvgIpc) is 2.29. The molecule has 2 nitrogen and oxygen atoms in total. The van der Waals surface area contributed by atoms with Crippen LogP contribution in [0.4, 0.5) is 0 Å². The smallest absolute Gasteiger partial charge is 0.118 e. The summed E-state index contributed by atoms with van der Waals surface area (Å²) in [6, 6.07) is 8.72. The molecule has 0 aliphatic carbocycles. The van der Waals surface area contributed by atoms with E-state index in [9.17, 15) is 0 Å². The Balaban J connectivity index is 2.72. The van der Waals surface area contributed by atoms with Crippen LogP contribution in [0.1, 0.15) is 18.5 Å². The molecule has 1 N–H and O–H groups in total. The summed E-state index contributed by atoms with van der Waals surface area (Å²) in [4.78, 5) is 0. The van der Waals surface area contributed by atoms with Gasteiger partial charge in [-0.3, -0.25) is 0 Å². The zero-order chi connectivity index (χ0) is 11.1. The second-order valence-corrected chi connectivity index (χ2v) is 4.25. The van der Waals surface area contributed by atoms with Gasteiger partial charge in [-0.05, 0) is 30.5 Å². The van der Waals surface area contributed by atoms with Crippen LogP contribution in [0.25, 0.3) is 0 Å². The molecule has 15 heavy (non-hydrogen) atoms. The lowest BCUT2D eigenvalue weighted by Crippen LogP contribution is -2.22. The predicted molar refractivity (Wildman–Crippen MR) is 67.8 cm³/mol. The second-order valence-electron chi connectivity index (χ2n) is 3.34. The van der Waals surface area contributed by atoms with Gasteiger partial charge in [-0.25, -0.2) is 0 Å². The first kappa shape index (κ1) is 12.4. The Hall–Kier alpha value is -0.670. The Morgan fingerprint density at radius 2 is 2.00 bits per heavy atom. The molecule has 0 saturated carbocycles. The van der Waals surface area contributed by atoms with Gasteiger partial charge in [0, 0.05) is 11.8 Å². The first-order valence-electron chi connectivity index (χ1n) is 5.18. The molecule has 0 spiro atoms. The van der Waals surface area contributed by atoms with Crippen molar-refractivity contribution in [3.05, 3.63) is 29.8 Å². The molecule has 0 fully saturated rings. The molecule has 84 valence electrons. The topological polar surface area (TPSA) is 21.3 Å². The summed E-state index contributed by atoms with van der Waals surface area (Å²) >= 11 is 1.86. The van der Waals surface area contributed by atoms with E-state index in [1.165, 1.54) is 5.56 Å². The largest absolute Gasteiger partial charge is 0.497 e. The van der Waals surface area contributed by atoms with Crippen molar-refractivity contribution in [1.82, 2.24) is 5.32 Å². The number of methoxy groups -OCH3 is 1. The molecule has 0 saturated heterocycles. The number of rotatable bonds is 6. The normalized spacial score (nSPS) is 12.5. The molecular formula is C12H19NOS. The lowest BCUT2D eigenvalue weighted by molar-refractivity contribution is 0.414. The molecule has 1 rings (SSSR count). The van der Waals surface area contributed by atoms with Gasteiger partial charge in [0.15, 0.2) is 0 Å². The molecule has 1 aromatic carbocycles. The Morgan fingerprint density at radius 3 is 2.47 bits per heavy atom. The van der Waals surface area contributed by atoms with Gasteiger partial charge in [0.2, 0.25) is 0 Å². The Labute approximate surface area is 96.4 Å². The number of ether oxygens (including phenoxy) is 1. The molecule has 0 aliphatic heterocycles. The fraction of sp³-hybridized carbons (Fsp3) is 0.500. The highest BCUT2D eigenvalue weighted by molar-refractivity contribution is 7.98. The molecule has 0 amide bonds. The zero-order valence-electron chi connectivity index (χ0n) is 9.62. The Bertz CT molecular complexity index is 267. The number of hydrogen-bond donors (Lipinski definition) is 1. The number of nitrogens with one attached hydrogen (secondary N) is 1. The van der Waals surface area contributed by atoms with Crippen LogP contribution in [-0.2, 0) is 0 Å². The molecule has 3 heteroatoms. The SMILES string of the molecule is CCNC(CSC)c1ccc(OC)cc1. The van der Waals surface area contributed by atoms with Gasteiger partial charge in [0.05, 0.1) is 7.11 Å². The van der Waals surface area contributed by atoms with Crippen LogP contribution in [0.2, 0.25) is 0 Å². The van der Waals surface area contributed by atoms with Gasteiger partial charge in [-0.1, -0.05) is 19.1 Å². The number of hydrogen-bond acceptors (Lipinski definition) is 3. The van der Waals surface area contributed by atoms with E-state index in [-0.39, 0.29) is 0 Å². The van der Waals surface area contributed by atoms with Crippen molar-refractivity contribution in [2.45, 2.75) is 13.0 Å². The summed E-state index contributed by atoms with van der Waals surface area (Å²) in [6.07, 6.45) is 2.13. The van der Waals surface area contributed by atoms with Crippen LogP contribution < -0.4 is 10.1 Å². The van der Waals surface area contributed by atoms with Crippen molar-refractivity contribution in [2.24, 2.45) is 0 Å². The van der Waals surface area contributed by atoms with E-state index in [0.29, 0.717) is 6.04 Å². The maximum Gasteiger partial charge on any atom is 0.118 e. The van der Waals surface area contributed by atoms with E-state index in [4.69, 9.17) is 4.74 Å². The fourth-order valence-corrected chi connectivity index (χ4v) is 2.17. The summed E-state index contributed by atoms with van der Waals surface area (Å²) in [5.41, 5.74) is 1.33. The van der Waals surface area contributed by atoms with Gasteiger partial charge in [-0.15, -0.1) is 0 Å². The lowest BCUT2D eigenvalue weighted by Gasteiger charge is -2.17. The van der Waals surface area contributed by atoms with Crippen molar-refractivity contribution in [3.8, 4) is 5.75 Å². The first-order valence-corrected chi connectivity index (χ1v) is 6.57. The van der Waals surface area contributed by atoms with Crippen molar-refractivity contribution in [1.29, 1.82) is 0 Å². The summed E-state index contributed by atoms with van der Waals surface area (Å²) in [6.45, 7) is 3.13. The number of benzene rings is 1. The van der Waals surface area contributed by atoms with Gasteiger partial charge in [0.25, 0.3) is 0 Å². The predicted octanol–water partition coefficient (Wildman–Crippen LogP) is 2.71. The monoisotopic (exact) mass is 225 g/mol. The molecular weight excluding hydrogens is 206 g/mol. The summed E-state index contributed by atoms with van der Waals surface area (Å²) in [5, 5.41) is 3.48. The van der Waals surface area contributed by atoms with E-state index in [1.807, 2.05) is 23.9 Å². The third-order valence-electron chi connectivity index (χ3n) is 2.30. The molecule has 1 aromatic rings. The highest BCUT2D eigenvalue weighted by Crippen LogP contribution is 2.20. The minimum absolute atomic E-state index is 0.441. The Morgan fingerprint density at radius 1 is 1.33 bits per heavy atom. The zero-order valence-corrected chi connectivity index (χ0v) is 10.4. The third-order valence-corrected chi connectivity index (χ3v) is 2.97. The Kier molecular flexibility index (Phi) is 5.58. The van der Waals surface area contributed by atoms with Gasteiger partial charge in [-0.2, -0.15) is 11.8 Å². The van der Waals surface area contributed by atoms with Crippen LogP contribution in [0.15, 0.2) is 24.3 Å². The van der Waals surface area contributed by atoms with Crippen LogP contribution in [0.5, 0.6) is 5.75 Å². The summed E-state index contributed by atoms with van der Waals surface area (Å²) in [5.74, 6) is 2.01. The highest BCUT2D eigenvalue weighted by Gasteiger charge is 2.08. The van der Waals surface area contributed by atoms with Crippen LogP contribution >= 0.6 is 11.8 Å². The number of thioether (sulfide) groups is 1. The van der Waals surface area contributed by atoms with Crippen molar-refractivity contribution < 1.29 is 4.74 Å². The molecule has 0 heterocycles. The maximum atomic E-state index is 5.14. The fourth-order valence-electron chi connectivity index (χ4n) is 1.52. The van der Waals surface area contributed by atoms with Crippen LogP contribution in [0.3, 0.4) is 0 Å². The molecule has 0 aromatic heterocycles. The molecule has 0 aliphatic rings. The van der Waals surface area contributed by atoms with E-state index >= 15 is 0 Å². The minimum atomic E-state index is 0.441. The van der Waals surface area contributed by atoms with Gasteiger partial charge in [0.1, 0.15) is 5.75 Å². The lowest BCUT2D eigenvalue weighted by atomic mass is 10.1. The standard InChI is InChI=1S/C12H19NOS/c1-4-13-12(9-15-3)10-5-7-11(14-2)8-6-10/h5-8,12-13H,4,9H2,1-3H3. The molecule has 0 radical (unpaired) electrons. The third kappa shape index (κ3) is 3.76. The van der Waals surface area contributed by atoms with Crippen molar-refractivity contribution in [2.75, 3.05) is 25.7 Å². The average molecular weight is 225 g/mol. The van der Waals surface area contributed by atoms with Crippen molar-refractivity contribution in [3.63, 3.8) is 0 Å². The minimum Gasteiger partial charge on any atom is -0.497 e. The summed E-state index contributed by atoms with van der Waals surface area (Å²) < 4.78 is 5.14. The highest BCUT2D eigenvalue weighted by atomic mass is 32.2. The maximum absolute atomic E-state index is 5.14. The van der Waals surface area contributed by atoms with E-state index < -0.39 is 0 Å². The van der Waals surface area contributed by atoms with Crippen LogP contribution in [0, 0.1) is 0 Å².